The minimum Gasteiger partial charge on any atom is -0.342 e. The summed E-state index contributed by atoms with van der Waals surface area (Å²) >= 11 is 0. The van der Waals surface area contributed by atoms with Crippen LogP contribution < -0.4 is 0 Å². The summed E-state index contributed by atoms with van der Waals surface area (Å²) in [6.07, 6.45) is 4.27. The molecule has 0 aromatic heterocycles. The quantitative estimate of drug-likeness (QED) is 0.777. The Balaban J connectivity index is 1.93. The lowest BCUT2D eigenvalue weighted by atomic mass is 10.1. The summed E-state index contributed by atoms with van der Waals surface area (Å²) in [5.74, 6) is 0.604. The van der Waals surface area contributed by atoms with Gasteiger partial charge in [-0.05, 0) is 30.9 Å². The number of carbonyl (C=O) groups excluding carboxylic acids is 1. The fraction of sp³-hybridized carbons (Fsp3) is 0.400. The average Bonchev–Trinajstić information content (AvgIpc) is 3.20. The molecule has 1 aromatic carbocycles. The Morgan fingerprint density at radius 2 is 2.00 bits per heavy atom. The third-order valence-electron chi connectivity index (χ3n) is 3.20. The molecule has 17 heavy (non-hydrogen) atoms. The van der Waals surface area contributed by atoms with Crippen LogP contribution in [0.2, 0.25) is 0 Å². The topological polar surface area (TPSA) is 20.3 Å². The zero-order valence-corrected chi connectivity index (χ0v) is 10.5. The summed E-state index contributed by atoms with van der Waals surface area (Å²) in [6.45, 7) is 2.79. The van der Waals surface area contributed by atoms with Gasteiger partial charge in [-0.15, -0.1) is 0 Å². The molecule has 1 fully saturated rings. The highest BCUT2D eigenvalue weighted by molar-refractivity contribution is 5.81. The van der Waals surface area contributed by atoms with Crippen molar-refractivity contribution in [3.05, 3.63) is 42.0 Å². The molecule has 0 saturated heterocycles. The van der Waals surface area contributed by atoms with Crippen molar-refractivity contribution in [2.45, 2.75) is 19.8 Å². The number of rotatable bonds is 4. The van der Waals surface area contributed by atoms with E-state index in [0.29, 0.717) is 18.4 Å². The minimum atomic E-state index is 0.294. The highest BCUT2D eigenvalue weighted by Gasteiger charge is 2.31. The first-order chi connectivity index (χ1) is 8.18. The van der Waals surface area contributed by atoms with E-state index in [-0.39, 0.29) is 0 Å². The summed E-state index contributed by atoms with van der Waals surface area (Å²) < 4.78 is 0. The molecular weight excluding hydrogens is 210 g/mol. The minimum absolute atomic E-state index is 0.294. The van der Waals surface area contributed by atoms with E-state index in [2.05, 4.69) is 25.1 Å². The summed E-state index contributed by atoms with van der Waals surface area (Å²) in [4.78, 5) is 13.6. The monoisotopic (exact) mass is 229 g/mol. The molecule has 1 aromatic rings. The Labute approximate surface area is 103 Å². The normalized spacial score (nSPS) is 15.8. The molecule has 0 spiro atoms. The summed E-state index contributed by atoms with van der Waals surface area (Å²) in [7, 11) is 1.88. The second kappa shape index (κ2) is 5.17. The summed E-state index contributed by atoms with van der Waals surface area (Å²) in [5.41, 5.74) is 2.45. The molecule has 0 bridgehead atoms. The molecule has 2 nitrogen and oxygen atoms in total. The molecule has 1 aliphatic rings. The van der Waals surface area contributed by atoms with Crippen LogP contribution in [0.25, 0.3) is 5.57 Å². The predicted molar refractivity (Wildman–Crippen MR) is 70.5 cm³/mol. The van der Waals surface area contributed by atoms with Gasteiger partial charge in [0.15, 0.2) is 0 Å². The van der Waals surface area contributed by atoms with Crippen molar-refractivity contribution in [3.63, 3.8) is 0 Å². The Kier molecular flexibility index (Phi) is 3.62. The van der Waals surface area contributed by atoms with Gasteiger partial charge >= 0.3 is 0 Å². The van der Waals surface area contributed by atoms with Crippen LogP contribution in [0.4, 0.5) is 0 Å². The molecule has 1 aliphatic carbocycles. The molecule has 1 amide bonds. The Hall–Kier alpha value is -1.57. The van der Waals surface area contributed by atoms with Crippen molar-refractivity contribution >= 4 is 11.5 Å². The second-order valence-corrected chi connectivity index (χ2v) is 4.75. The molecule has 0 unspecified atom stereocenters. The van der Waals surface area contributed by atoms with E-state index in [1.54, 1.807) is 0 Å². The Morgan fingerprint density at radius 3 is 2.59 bits per heavy atom. The molecule has 2 rings (SSSR count). The highest BCUT2D eigenvalue weighted by atomic mass is 16.2. The SMILES string of the molecule is C/C(=C\CN(C)C(=O)C1CC1)c1ccccc1. The van der Waals surface area contributed by atoms with Gasteiger partial charge < -0.3 is 4.90 Å². The van der Waals surface area contributed by atoms with Gasteiger partial charge in [0.1, 0.15) is 0 Å². The molecule has 2 heteroatoms. The van der Waals surface area contributed by atoms with Crippen LogP contribution in [0.15, 0.2) is 36.4 Å². The number of amides is 1. The molecular formula is C15H19NO. The van der Waals surface area contributed by atoms with E-state index >= 15 is 0 Å². The third-order valence-corrected chi connectivity index (χ3v) is 3.20. The lowest BCUT2D eigenvalue weighted by molar-refractivity contribution is -0.130. The maximum absolute atomic E-state index is 11.8. The average molecular weight is 229 g/mol. The van der Waals surface area contributed by atoms with Gasteiger partial charge in [0, 0.05) is 19.5 Å². The van der Waals surface area contributed by atoms with Crippen molar-refractivity contribution < 1.29 is 4.79 Å². The summed E-state index contributed by atoms with van der Waals surface area (Å²) in [6, 6.07) is 10.3. The largest absolute Gasteiger partial charge is 0.342 e. The van der Waals surface area contributed by atoms with E-state index in [1.807, 2.05) is 30.1 Å². The number of hydrogen-bond donors (Lipinski definition) is 0. The third kappa shape index (κ3) is 3.19. The molecule has 1 saturated carbocycles. The van der Waals surface area contributed by atoms with Crippen molar-refractivity contribution in [3.8, 4) is 0 Å². The number of hydrogen-bond acceptors (Lipinski definition) is 1. The molecule has 0 radical (unpaired) electrons. The predicted octanol–water partition coefficient (Wildman–Crippen LogP) is 2.96. The Bertz CT molecular complexity index is 418. The molecule has 0 N–H and O–H groups in total. The van der Waals surface area contributed by atoms with Crippen LogP contribution in [-0.2, 0) is 4.79 Å². The maximum atomic E-state index is 11.8. The fourth-order valence-corrected chi connectivity index (χ4v) is 1.82. The van der Waals surface area contributed by atoms with Gasteiger partial charge in [-0.3, -0.25) is 4.79 Å². The van der Waals surface area contributed by atoms with Crippen LogP contribution in [0.1, 0.15) is 25.3 Å². The molecule has 0 heterocycles. The smallest absolute Gasteiger partial charge is 0.225 e. The van der Waals surface area contributed by atoms with Crippen molar-refractivity contribution in [1.82, 2.24) is 4.90 Å². The number of nitrogens with zero attached hydrogens (tertiary/aromatic N) is 1. The summed E-state index contributed by atoms with van der Waals surface area (Å²) in [5, 5.41) is 0. The first kappa shape index (κ1) is 11.9. The van der Waals surface area contributed by atoms with Gasteiger partial charge in [0.05, 0.1) is 0 Å². The van der Waals surface area contributed by atoms with E-state index in [9.17, 15) is 4.79 Å². The zero-order valence-electron chi connectivity index (χ0n) is 10.5. The number of likely N-dealkylation sites (N-methyl/N-ethyl adjacent to an activating group) is 1. The number of benzene rings is 1. The van der Waals surface area contributed by atoms with Crippen molar-refractivity contribution in [1.29, 1.82) is 0 Å². The van der Waals surface area contributed by atoms with Gasteiger partial charge in [0.25, 0.3) is 0 Å². The fourth-order valence-electron chi connectivity index (χ4n) is 1.82. The molecule has 0 aliphatic heterocycles. The van der Waals surface area contributed by atoms with Crippen LogP contribution in [0.3, 0.4) is 0 Å². The molecule has 0 atom stereocenters. The van der Waals surface area contributed by atoms with Crippen molar-refractivity contribution in [2.24, 2.45) is 5.92 Å². The van der Waals surface area contributed by atoms with Gasteiger partial charge in [-0.1, -0.05) is 36.4 Å². The van der Waals surface area contributed by atoms with Crippen LogP contribution in [0.5, 0.6) is 0 Å². The van der Waals surface area contributed by atoms with Crippen LogP contribution >= 0.6 is 0 Å². The zero-order chi connectivity index (χ0) is 12.3. The first-order valence-corrected chi connectivity index (χ1v) is 6.15. The first-order valence-electron chi connectivity index (χ1n) is 6.15. The lowest BCUT2D eigenvalue weighted by Gasteiger charge is -2.15. The van der Waals surface area contributed by atoms with Crippen LogP contribution in [0, 0.1) is 5.92 Å². The lowest BCUT2D eigenvalue weighted by Crippen LogP contribution is -2.28. The van der Waals surface area contributed by atoms with E-state index in [0.717, 1.165) is 12.8 Å². The Morgan fingerprint density at radius 1 is 1.35 bits per heavy atom. The van der Waals surface area contributed by atoms with Crippen molar-refractivity contribution in [2.75, 3.05) is 13.6 Å². The van der Waals surface area contributed by atoms with Gasteiger partial charge in [-0.2, -0.15) is 0 Å². The van der Waals surface area contributed by atoms with Gasteiger partial charge in [-0.25, -0.2) is 0 Å². The second-order valence-electron chi connectivity index (χ2n) is 4.75. The van der Waals surface area contributed by atoms with E-state index < -0.39 is 0 Å². The maximum Gasteiger partial charge on any atom is 0.225 e. The van der Waals surface area contributed by atoms with Crippen LogP contribution in [-0.4, -0.2) is 24.4 Å². The van der Waals surface area contributed by atoms with Gasteiger partial charge in [0.2, 0.25) is 5.91 Å². The standard InChI is InChI=1S/C15H19NO/c1-12(13-6-4-3-5-7-13)10-11-16(2)15(17)14-8-9-14/h3-7,10,14H,8-9,11H2,1-2H3/b12-10+. The van der Waals surface area contributed by atoms with E-state index in [4.69, 9.17) is 0 Å². The van der Waals surface area contributed by atoms with E-state index in [1.165, 1.54) is 11.1 Å². The number of carbonyl (C=O) groups is 1. The number of allylic oxidation sites excluding steroid dienone is 1. The highest BCUT2D eigenvalue weighted by Crippen LogP contribution is 2.30. The molecule has 90 valence electrons.